The summed E-state index contributed by atoms with van der Waals surface area (Å²) in [6, 6.07) is 12.7. The van der Waals surface area contributed by atoms with Gasteiger partial charge in [0.2, 0.25) is 5.95 Å². The van der Waals surface area contributed by atoms with Gasteiger partial charge in [-0.05, 0) is 43.4 Å². The van der Waals surface area contributed by atoms with Gasteiger partial charge >= 0.3 is 5.69 Å². The smallest absolute Gasteiger partial charge is 0.334 e. The molecule has 1 aliphatic rings. The van der Waals surface area contributed by atoms with Crippen molar-refractivity contribution in [2.45, 2.75) is 0 Å². The minimum Gasteiger partial charge on any atom is -0.369 e. The third-order valence-electron chi connectivity index (χ3n) is 5.80. The number of anilines is 3. The lowest BCUT2D eigenvalue weighted by atomic mass is 10.2. The molecular weight excluding hydrogens is 477 g/mol. The van der Waals surface area contributed by atoms with Gasteiger partial charge in [0.05, 0.1) is 15.7 Å². The molecule has 9 nitrogen and oxygen atoms in total. The number of fused-ring (bicyclic) bond motifs is 1. The van der Waals surface area contributed by atoms with Crippen LogP contribution >= 0.6 is 23.2 Å². The van der Waals surface area contributed by atoms with Crippen LogP contribution in [0.15, 0.2) is 58.3 Å². The van der Waals surface area contributed by atoms with Gasteiger partial charge in [-0.15, -0.1) is 0 Å². The molecule has 0 aliphatic carbocycles. The second-order valence-corrected chi connectivity index (χ2v) is 8.87. The molecule has 1 aliphatic heterocycles. The number of likely N-dealkylation sites (N-methyl/N-ethyl adjacent to an activating group) is 1. The highest BCUT2D eigenvalue weighted by Gasteiger charge is 2.17. The highest BCUT2D eigenvalue weighted by molar-refractivity contribution is 6.37. The number of rotatable bonds is 4. The highest BCUT2D eigenvalue weighted by Crippen LogP contribution is 2.26. The van der Waals surface area contributed by atoms with Crippen molar-refractivity contribution in [3.05, 3.63) is 79.5 Å². The predicted molar refractivity (Wildman–Crippen MR) is 135 cm³/mol. The minimum atomic E-state index is -0.700. The molecule has 2 N–H and O–H groups in total. The number of piperazine rings is 1. The Kier molecular flexibility index (Phi) is 5.99. The molecule has 0 saturated carbocycles. The van der Waals surface area contributed by atoms with Gasteiger partial charge < -0.3 is 15.1 Å². The van der Waals surface area contributed by atoms with Crippen LogP contribution < -0.4 is 21.5 Å². The van der Waals surface area contributed by atoms with Gasteiger partial charge in [-0.1, -0.05) is 29.3 Å². The molecule has 0 amide bonds. The molecule has 0 atom stereocenters. The number of halogens is 2. The first-order valence-corrected chi connectivity index (χ1v) is 11.4. The lowest BCUT2D eigenvalue weighted by Crippen LogP contribution is -2.44. The van der Waals surface area contributed by atoms with Crippen LogP contribution in [-0.2, 0) is 0 Å². The van der Waals surface area contributed by atoms with Gasteiger partial charge in [0.15, 0.2) is 5.65 Å². The van der Waals surface area contributed by atoms with E-state index in [-0.39, 0.29) is 32.7 Å². The number of nitrogens with one attached hydrogen (secondary N) is 2. The van der Waals surface area contributed by atoms with Crippen molar-refractivity contribution in [2.24, 2.45) is 0 Å². The van der Waals surface area contributed by atoms with Gasteiger partial charge in [0, 0.05) is 43.8 Å². The Labute approximate surface area is 204 Å². The van der Waals surface area contributed by atoms with Crippen molar-refractivity contribution >= 4 is 51.6 Å². The van der Waals surface area contributed by atoms with Crippen LogP contribution in [0.5, 0.6) is 0 Å². The minimum absolute atomic E-state index is 0.112. The van der Waals surface area contributed by atoms with Crippen LogP contribution in [0.4, 0.5) is 17.3 Å². The van der Waals surface area contributed by atoms with Gasteiger partial charge in [0.25, 0.3) is 5.56 Å². The SMILES string of the molecule is CN1CCN(c2ccc(Nc3ncc4c(=O)n(-c5c(Cl)cccc5Cl)c(=O)[nH]c4n3)cc2)CC1. The van der Waals surface area contributed by atoms with E-state index >= 15 is 0 Å². The Bertz CT molecular complexity index is 1460. The maximum Gasteiger partial charge on any atom is 0.334 e. The molecule has 0 radical (unpaired) electrons. The summed E-state index contributed by atoms with van der Waals surface area (Å²) < 4.78 is 0.889. The van der Waals surface area contributed by atoms with Gasteiger partial charge in [-0.25, -0.2) is 14.3 Å². The molecule has 34 heavy (non-hydrogen) atoms. The molecule has 1 fully saturated rings. The number of hydrogen-bond donors (Lipinski definition) is 2. The lowest BCUT2D eigenvalue weighted by Gasteiger charge is -2.34. The molecule has 4 aromatic rings. The summed E-state index contributed by atoms with van der Waals surface area (Å²) in [5, 5.41) is 3.60. The molecule has 3 heterocycles. The van der Waals surface area contributed by atoms with Crippen LogP contribution in [0.2, 0.25) is 10.0 Å². The van der Waals surface area contributed by atoms with E-state index < -0.39 is 11.2 Å². The molecule has 1 saturated heterocycles. The van der Waals surface area contributed by atoms with Crippen molar-refractivity contribution in [1.29, 1.82) is 0 Å². The van der Waals surface area contributed by atoms with Crippen LogP contribution in [-0.4, -0.2) is 57.6 Å². The van der Waals surface area contributed by atoms with Gasteiger partial charge in [-0.3, -0.25) is 9.78 Å². The second kappa shape index (κ2) is 9.09. The highest BCUT2D eigenvalue weighted by atomic mass is 35.5. The van der Waals surface area contributed by atoms with E-state index in [1.165, 1.54) is 6.20 Å². The van der Waals surface area contributed by atoms with Crippen LogP contribution in [0.3, 0.4) is 0 Å². The molecular formula is C23H21Cl2N7O2. The Morgan fingerprint density at radius 2 is 1.65 bits per heavy atom. The average molecular weight is 498 g/mol. The van der Waals surface area contributed by atoms with E-state index in [9.17, 15) is 9.59 Å². The largest absolute Gasteiger partial charge is 0.369 e. The van der Waals surface area contributed by atoms with Gasteiger partial charge in [0.1, 0.15) is 5.39 Å². The number of aromatic amines is 1. The third kappa shape index (κ3) is 4.25. The molecule has 2 aromatic carbocycles. The summed E-state index contributed by atoms with van der Waals surface area (Å²) in [6.45, 7) is 4.05. The van der Waals surface area contributed by atoms with Crippen molar-refractivity contribution in [2.75, 3.05) is 43.4 Å². The number of aromatic nitrogens is 4. The summed E-state index contributed by atoms with van der Waals surface area (Å²) in [7, 11) is 2.13. The molecule has 0 spiro atoms. The van der Waals surface area contributed by atoms with Crippen molar-refractivity contribution in [1.82, 2.24) is 24.4 Å². The second-order valence-electron chi connectivity index (χ2n) is 8.06. The zero-order valence-corrected chi connectivity index (χ0v) is 19.8. The first-order chi connectivity index (χ1) is 16.4. The Hall–Kier alpha value is -3.40. The monoisotopic (exact) mass is 497 g/mol. The molecule has 2 aromatic heterocycles. The third-order valence-corrected chi connectivity index (χ3v) is 6.41. The van der Waals surface area contributed by atoms with E-state index in [2.05, 4.69) is 37.1 Å². The van der Waals surface area contributed by atoms with Crippen molar-refractivity contribution in [3.8, 4) is 5.69 Å². The van der Waals surface area contributed by atoms with Crippen LogP contribution in [0.25, 0.3) is 16.7 Å². The first kappa shape index (κ1) is 22.4. The maximum absolute atomic E-state index is 13.0. The van der Waals surface area contributed by atoms with Crippen molar-refractivity contribution in [3.63, 3.8) is 0 Å². The molecule has 5 rings (SSSR count). The molecule has 174 valence electrons. The molecule has 0 unspecified atom stereocenters. The number of para-hydroxylation sites is 1. The van der Waals surface area contributed by atoms with Crippen LogP contribution in [0.1, 0.15) is 0 Å². The first-order valence-electron chi connectivity index (χ1n) is 10.7. The molecule has 0 bridgehead atoms. The lowest BCUT2D eigenvalue weighted by molar-refractivity contribution is 0.313. The fraction of sp³-hybridized carbons (Fsp3) is 0.217. The Morgan fingerprint density at radius 1 is 0.971 bits per heavy atom. The Balaban J connectivity index is 1.43. The quantitative estimate of drug-likeness (QED) is 0.446. The number of nitrogens with zero attached hydrogens (tertiary/aromatic N) is 5. The van der Waals surface area contributed by atoms with E-state index in [0.717, 1.165) is 42.1 Å². The summed E-state index contributed by atoms with van der Waals surface area (Å²) in [6.07, 6.45) is 1.36. The average Bonchev–Trinajstić information content (AvgIpc) is 2.82. The summed E-state index contributed by atoms with van der Waals surface area (Å²) in [4.78, 5) is 41.6. The van der Waals surface area contributed by atoms with E-state index in [0.29, 0.717) is 0 Å². The number of benzene rings is 2. The normalized spacial score (nSPS) is 14.5. The van der Waals surface area contributed by atoms with Crippen molar-refractivity contribution < 1.29 is 0 Å². The summed E-state index contributed by atoms with van der Waals surface area (Å²) >= 11 is 12.4. The Morgan fingerprint density at radius 3 is 2.32 bits per heavy atom. The van der Waals surface area contributed by atoms with E-state index in [1.54, 1.807) is 18.2 Å². The van der Waals surface area contributed by atoms with E-state index in [4.69, 9.17) is 23.2 Å². The topological polar surface area (TPSA) is 99.1 Å². The predicted octanol–water partition coefficient (Wildman–Crippen LogP) is 3.27. The number of hydrogen-bond acceptors (Lipinski definition) is 7. The zero-order chi connectivity index (χ0) is 23.8. The van der Waals surface area contributed by atoms with Gasteiger partial charge in [-0.2, -0.15) is 4.98 Å². The maximum atomic E-state index is 13.0. The van der Waals surface area contributed by atoms with E-state index in [1.807, 2.05) is 24.3 Å². The zero-order valence-electron chi connectivity index (χ0n) is 18.3. The standard InChI is InChI=1S/C23H21Cl2N7O2/c1-30-9-11-31(12-10-30)15-7-5-14(6-8-15)27-22-26-13-16-20(28-22)29-23(34)32(21(16)33)19-17(24)3-2-4-18(19)25/h2-8,13H,9-12H2,1H3,(H2,26,27,28,29,34). The fourth-order valence-electron chi connectivity index (χ4n) is 3.92. The molecule has 11 heteroatoms. The number of H-pyrrole nitrogens is 1. The summed E-state index contributed by atoms with van der Waals surface area (Å²) in [5.41, 5.74) is 0.852. The van der Waals surface area contributed by atoms with Crippen LogP contribution in [0, 0.1) is 0 Å². The summed E-state index contributed by atoms with van der Waals surface area (Å²) in [5.74, 6) is 0.253. The fourth-order valence-corrected chi connectivity index (χ4v) is 4.49.